The Balaban J connectivity index is 2.08. The van der Waals surface area contributed by atoms with Gasteiger partial charge in [-0.25, -0.2) is 8.42 Å². The van der Waals surface area contributed by atoms with Crippen molar-refractivity contribution in [3.8, 4) is 0 Å². The summed E-state index contributed by atoms with van der Waals surface area (Å²) in [5, 5.41) is 5.41. The monoisotopic (exact) mass is 486 g/mol. The van der Waals surface area contributed by atoms with Gasteiger partial charge in [-0.05, 0) is 49.7 Å². The van der Waals surface area contributed by atoms with Gasteiger partial charge in [-0.3, -0.25) is 9.59 Å². The fraction of sp³-hybridized carbons (Fsp3) is 0.263. The Morgan fingerprint density at radius 3 is 2.50 bits per heavy atom. The third kappa shape index (κ3) is 6.92. The van der Waals surface area contributed by atoms with E-state index in [0.29, 0.717) is 11.1 Å². The van der Waals surface area contributed by atoms with E-state index in [9.17, 15) is 18.0 Å². The standard InChI is InChI=1S/C19H20BrClN2O4S/c1-12(2)22-19(25)14-6-7-16(21)17(9-14)23-18(24)11-28(26,27)10-13-4-3-5-15(20)8-13/h3-9,12H,10-11H2,1-2H3,(H,22,25)(H,23,24). The van der Waals surface area contributed by atoms with Crippen molar-refractivity contribution in [1.82, 2.24) is 5.32 Å². The Morgan fingerprint density at radius 1 is 1.14 bits per heavy atom. The third-order valence-electron chi connectivity index (χ3n) is 3.55. The van der Waals surface area contributed by atoms with E-state index in [4.69, 9.17) is 11.6 Å². The normalized spacial score (nSPS) is 11.3. The van der Waals surface area contributed by atoms with Crippen molar-refractivity contribution in [2.45, 2.75) is 25.6 Å². The number of carbonyl (C=O) groups excluding carboxylic acids is 2. The van der Waals surface area contributed by atoms with Crippen LogP contribution in [0.15, 0.2) is 46.9 Å². The summed E-state index contributed by atoms with van der Waals surface area (Å²) in [5.74, 6) is -1.99. The summed E-state index contributed by atoms with van der Waals surface area (Å²) in [6.07, 6.45) is 0. The molecule has 0 unspecified atom stereocenters. The van der Waals surface area contributed by atoms with Crippen LogP contribution >= 0.6 is 27.5 Å². The molecular formula is C19H20BrClN2O4S. The molecule has 0 saturated heterocycles. The van der Waals surface area contributed by atoms with Gasteiger partial charge >= 0.3 is 0 Å². The minimum absolute atomic E-state index is 0.0515. The average Bonchev–Trinajstić information content (AvgIpc) is 2.55. The van der Waals surface area contributed by atoms with Gasteiger partial charge in [-0.1, -0.05) is 39.7 Å². The second-order valence-electron chi connectivity index (χ2n) is 6.53. The Hall–Kier alpha value is -1.90. The number of halogens is 2. The Kier molecular flexibility index (Phi) is 7.63. The molecule has 0 aliphatic rings. The summed E-state index contributed by atoms with van der Waals surface area (Å²) < 4.78 is 25.4. The molecule has 0 aliphatic carbocycles. The molecular weight excluding hydrogens is 468 g/mol. The first-order valence-electron chi connectivity index (χ1n) is 8.41. The number of benzene rings is 2. The summed E-state index contributed by atoms with van der Waals surface area (Å²) >= 11 is 9.35. The van der Waals surface area contributed by atoms with Crippen LogP contribution < -0.4 is 10.6 Å². The molecule has 150 valence electrons. The minimum Gasteiger partial charge on any atom is -0.350 e. The van der Waals surface area contributed by atoms with Gasteiger partial charge in [0, 0.05) is 16.1 Å². The topological polar surface area (TPSA) is 92.3 Å². The second-order valence-corrected chi connectivity index (χ2v) is 9.92. The van der Waals surface area contributed by atoms with Crippen LogP contribution in [0.5, 0.6) is 0 Å². The van der Waals surface area contributed by atoms with E-state index < -0.39 is 21.5 Å². The van der Waals surface area contributed by atoms with Gasteiger partial charge in [-0.15, -0.1) is 0 Å². The molecule has 2 amide bonds. The zero-order chi connectivity index (χ0) is 20.9. The summed E-state index contributed by atoms with van der Waals surface area (Å²) in [7, 11) is -3.68. The van der Waals surface area contributed by atoms with Crippen molar-refractivity contribution in [1.29, 1.82) is 0 Å². The molecule has 28 heavy (non-hydrogen) atoms. The predicted octanol–water partition coefficient (Wildman–Crippen LogP) is 3.79. The van der Waals surface area contributed by atoms with Crippen molar-refractivity contribution < 1.29 is 18.0 Å². The molecule has 0 aromatic heterocycles. The molecule has 0 heterocycles. The summed E-state index contributed by atoms with van der Waals surface area (Å²) in [4.78, 5) is 24.3. The van der Waals surface area contributed by atoms with Gasteiger partial charge < -0.3 is 10.6 Å². The Labute approximate surface area is 177 Å². The van der Waals surface area contributed by atoms with Gasteiger partial charge in [0.25, 0.3) is 5.91 Å². The maximum Gasteiger partial charge on any atom is 0.251 e. The highest BCUT2D eigenvalue weighted by Gasteiger charge is 2.19. The Bertz CT molecular complexity index is 993. The number of sulfone groups is 1. The number of hydrogen-bond acceptors (Lipinski definition) is 4. The number of anilines is 1. The number of rotatable bonds is 7. The van der Waals surface area contributed by atoms with E-state index in [-0.39, 0.29) is 28.4 Å². The summed E-state index contributed by atoms with van der Waals surface area (Å²) in [5.41, 5.74) is 1.07. The van der Waals surface area contributed by atoms with E-state index in [0.717, 1.165) is 4.47 Å². The minimum atomic E-state index is -3.68. The molecule has 0 bridgehead atoms. The molecule has 6 nitrogen and oxygen atoms in total. The van der Waals surface area contributed by atoms with Crippen LogP contribution in [0, 0.1) is 0 Å². The maximum atomic E-state index is 12.3. The lowest BCUT2D eigenvalue weighted by atomic mass is 10.1. The Morgan fingerprint density at radius 2 is 1.86 bits per heavy atom. The van der Waals surface area contributed by atoms with Crippen LogP contribution in [0.2, 0.25) is 5.02 Å². The molecule has 2 aromatic rings. The van der Waals surface area contributed by atoms with Crippen molar-refractivity contribution in [2.24, 2.45) is 0 Å². The highest BCUT2D eigenvalue weighted by Crippen LogP contribution is 2.23. The molecule has 0 radical (unpaired) electrons. The summed E-state index contributed by atoms with van der Waals surface area (Å²) in [6.45, 7) is 3.65. The lowest BCUT2D eigenvalue weighted by Crippen LogP contribution is -2.30. The lowest BCUT2D eigenvalue weighted by Gasteiger charge is -2.12. The van der Waals surface area contributed by atoms with E-state index >= 15 is 0 Å². The van der Waals surface area contributed by atoms with Gasteiger partial charge in [0.15, 0.2) is 9.84 Å². The molecule has 0 saturated carbocycles. The molecule has 2 rings (SSSR count). The number of carbonyl (C=O) groups is 2. The first-order valence-corrected chi connectivity index (χ1v) is 11.4. The molecule has 2 aromatic carbocycles. The van der Waals surface area contributed by atoms with Gasteiger partial charge in [-0.2, -0.15) is 0 Å². The predicted molar refractivity (Wildman–Crippen MR) is 114 cm³/mol. The van der Waals surface area contributed by atoms with Crippen molar-refractivity contribution in [3.63, 3.8) is 0 Å². The quantitative estimate of drug-likeness (QED) is 0.621. The second kappa shape index (κ2) is 9.54. The number of amides is 2. The van der Waals surface area contributed by atoms with E-state index in [1.807, 2.05) is 13.8 Å². The fourth-order valence-corrected chi connectivity index (χ4v) is 4.30. The zero-order valence-electron chi connectivity index (χ0n) is 15.3. The molecule has 0 aliphatic heterocycles. The molecule has 9 heteroatoms. The first-order chi connectivity index (χ1) is 13.1. The van der Waals surface area contributed by atoms with Crippen molar-refractivity contribution in [2.75, 3.05) is 11.1 Å². The van der Waals surface area contributed by atoms with Gasteiger partial charge in [0.2, 0.25) is 5.91 Å². The summed E-state index contributed by atoms with van der Waals surface area (Å²) in [6, 6.07) is 11.2. The van der Waals surface area contributed by atoms with Crippen LogP contribution in [0.1, 0.15) is 29.8 Å². The highest BCUT2D eigenvalue weighted by atomic mass is 79.9. The van der Waals surface area contributed by atoms with Crippen LogP contribution in [-0.4, -0.2) is 32.0 Å². The van der Waals surface area contributed by atoms with E-state index in [2.05, 4.69) is 26.6 Å². The largest absolute Gasteiger partial charge is 0.350 e. The van der Waals surface area contributed by atoms with Crippen molar-refractivity contribution in [3.05, 3.63) is 63.1 Å². The molecule has 0 spiro atoms. The van der Waals surface area contributed by atoms with Gasteiger partial charge in [0.05, 0.1) is 16.5 Å². The van der Waals surface area contributed by atoms with Crippen LogP contribution in [0.3, 0.4) is 0 Å². The SMILES string of the molecule is CC(C)NC(=O)c1ccc(Cl)c(NC(=O)CS(=O)(=O)Cc2cccc(Br)c2)c1. The highest BCUT2D eigenvalue weighted by molar-refractivity contribution is 9.10. The van der Waals surface area contributed by atoms with Crippen LogP contribution in [0.25, 0.3) is 0 Å². The smallest absolute Gasteiger partial charge is 0.251 e. The van der Waals surface area contributed by atoms with Gasteiger partial charge in [0.1, 0.15) is 5.75 Å². The van der Waals surface area contributed by atoms with Crippen molar-refractivity contribution >= 4 is 54.9 Å². The van der Waals surface area contributed by atoms with E-state index in [1.165, 1.54) is 18.2 Å². The molecule has 0 fully saturated rings. The van der Waals surface area contributed by atoms with Crippen LogP contribution in [0.4, 0.5) is 5.69 Å². The fourth-order valence-electron chi connectivity index (χ4n) is 2.43. The lowest BCUT2D eigenvalue weighted by molar-refractivity contribution is -0.113. The van der Waals surface area contributed by atoms with Crippen LogP contribution in [-0.2, 0) is 20.4 Å². The zero-order valence-corrected chi connectivity index (χ0v) is 18.5. The average molecular weight is 488 g/mol. The van der Waals surface area contributed by atoms with E-state index in [1.54, 1.807) is 24.3 Å². The maximum absolute atomic E-state index is 12.3. The molecule has 2 N–H and O–H groups in total. The third-order valence-corrected chi connectivity index (χ3v) is 5.85. The number of hydrogen-bond donors (Lipinski definition) is 2. The number of nitrogens with one attached hydrogen (secondary N) is 2. The molecule has 0 atom stereocenters. The first kappa shape index (κ1) is 22.4.